The predicted octanol–water partition coefficient (Wildman–Crippen LogP) is 7.53. The molecule has 4 rings (SSSR count). The minimum atomic E-state index is -0.490. The van der Waals surface area contributed by atoms with E-state index in [1.807, 2.05) is 50.2 Å². The van der Waals surface area contributed by atoms with Crippen molar-refractivity contribution in [3.05, 3.63) is 48.5 Å². The molecule has 0 N–H and O–H groups in total. The molecule has 1 aliphatic rings. The van der Waals surface area contributed by atoms with Crippen molar-refractivity contribution in [2.45, 2.75) is 77.6 Å². The van der Waals surface area contributed by atoms with Gasteiger partial charge in [-0.1, -0.05) is 50.4 Å². The molecule has 0 spiro atoms. The van der Waals surface area contributed by atoms with Crippen LogP contribution in [0.25, 0.3) is 21.1 Å². The topological polar surface area (TPSA) is 62.7 Å². The molecule has 1 aromatic heterocycles. The second-order valence-electron chi connectivity index (χ2n) is 9.67. The van der Waals surface area contributed by atoms with Crippen LogP contribution in [-0.2, 0) is 9.47 Å². The van der Waals surface area contributed by atoms with Gasteiger partial charge < -0.3 is 18.9 Å². The van der Waals surface area contributed by atoms with Crippen LogP contribution >= 0.6 is 11.3 Å². The van der Waals surface area contributed by atoms with E-state index in [4.69, 9.17) is 18.9 Å². The van der Waals surface area contributed by atoms with Crippen LogP contribution in [0, 0.1) is 0 Å². The summed E-state index contributed by atoms with van der Waals surface area (Å²) in [6, 6.07) is 16.1. The molecule has 194 valence electrons. The van der Waals surface area contributed by atoms with Crippen LogP contribution in [-0.4, -0.2) is 41.9 Å². The minimum absolute atomic E-state index is 0.0834. The van der Waals surface area contributed by atoms with Gasteiger partial charge in [0.25, 0.3) is 0 Å². The van der Waals surface area contributed by atoms with Crippen LogP contribution in [0.2, 0.25) is 0 Å². The third-order valence-electron chi connectivity index (χ3n) is 6.17. The maximum absolute atomic E-state index is 5.90. The van der Waals surface area contributed by atoms with Crippen molar-refractivity contribution in [3.8, 4) is 32.6 Å². The summed E-state index contributed by atoms with van der Waals surface area (Å²) in [5.74, 6) is 1.25. The number of hydrogen-bond acceptors (Lipinski definition) is 7. The second kappa shape index (κ2) is 13.2. The molecule has 6 nitrogen and oxygen atoms in total. The zero-order valence-electron chi connectivity index (χ0n) is 21.7. The van der Waals surface area contributed by atoms with E-state index in [0.717, 1.165) is 52.1 Å². The summed E-state index contributed by atoms with van der Waals surface area (Å²) in [5, 5.41) is 10.6. The summed E-state index contributed by atoms with van der Waals surface area (Å²) in [6.45, 7) is 8.10. The van der Waals surface area contributed by atoms with Gasteiger partial charge in [0.1, 0.15) is 21.5 Å². The molecule has 0 amide bonds. The Morgan fingerprint density at radius 1 is 0.806 bits per heavy atom. The molecule has 1 atom stereocenters. The standard InChI is InChI=1S/C29H38N2O4S/c1-4-5-6-7-8-9-19-32-24-14-10-22(11-15-24)27-30-31-28(36-27)23-12-16-25(17-13-23)33-20-18-26-21-34-29(2,3)35-26/h10-17,26H,4-9,18-21H2,1-3H3/t26-/m0/s1. The molecule has 0 radical (unpaired) electrons. The van der Waals surface area contributed by atoms with E-state index in [-0.39, 0.29) is 6.10 Å². The fourth-order valence-corrected chi connectivity index (χ4v) is 4.98. The number of unbranched alkanes of at least 4 members (excludes halogenated alkanes) is 5. The molecule has 36 heavy (non-hydrogen) atoms. The minimum Gasteiger partial charge on any atom is -0.494 e. The average Bonchev–Trinajstić information content (AvgIpc) is 3.51. The summed E-state index contributed by atoms with van der Waals surface area (Å²) in [5.41, 5.74) is 2.08. The number of ether oxygens (including phenoxy) is 4. The number of aromatic nitrogens is 2. The van der Waals surface area contributed by atoms with Gasteiger partial charge in [-0.25, -0.2) is 0 Å². The van der Waals surface area contributed by atoms with Crippen LogP contribution < -0.4 is 9.47 Å². The molecule has 3 aromatic rings. The van der Waals surface area contributed by atoms with Gasteiger partial charge in [-0.05, 0) is 68.8 Å². The maximum atomic E-state index is 5.90. The lowest BCUT2D eigenvalue weighted by Gasteiger charge is -2.17. The first-order valence-corrected chi connectivity index (χ1v) is 14.0. The van der Waals surface area contributed by atoms with Crippen LogP contribution in [0.5, 0.6) is 11.5 Å². The van der Waals surface area contributed by atoms with Crippen molar-refractivity contribution in [1.29, 1.82) is 0 Å². The highest BCUT2D eigenvalue weighted by Crippen LogP contribution is 2.32. The normalized spacial score (nSPS) is 16.8. The Labute approximate surface area is 219 Å². The first kappa shape index (κ1) is 26.6. The molecule has 1 aliphatic heterocycles. The largest absolute Gasteiger partial charge is 0.494 e. The lowest BCUT2D eigenvalue weighted by molar-refractivity contribution is -0.139. The first-order chi connectivity index (χ1) is 17.5. The highest BCUT2D eigenvalue weighted by Gasteiger charge is 2.32. The summed E-state index contributed by atoms with van der Waals surface area (Å²) in [7, 11) is 0. The quantitative estimate of drug-likeness (QED) is 0.209. The Kier molecular flexibility index (Phi) is 9.73. The Morgan fingerprint density at radius 3 is 1.92 bits per heavy atom. The van der Waals surface area contributed by atoms with Crippen LogP contribution in [0.4, 0.5) is 0 Å². The monoisotopic (exact) mass is 510 g/mol. The number of nitrogens with zero attached hydrogens (tertiary/aromatic N) is 2. The van der Waals surface area contributed by atoms with Crippen molar-refractivity contribution < 1.29 is 18.9 Å². The lowest BCUT2D eigenvalue weighted by atomic mass is 10.1. The smallest absolute Gasteiger partial charge is 0.163 e. The highest BCUT2D eigenvalue weighted by molar-refractivity contribution is 7.17. The van der Waals surface area contributed by atoms with E-state index >= 15 is 0 Å². The van der Waals surface area contributed by atoms with Gasteiger partial charge in [0, 0.05) is 17.5 Å². The van der Waals surface area contributed by atoms with Gasteiger partial charge in [-0.3, -0.25) is 0 Å². The highest BCUT2D eigenvalue weighted by atomic mass is 32.1. The van der Waals surface area contributed by atoms with Crippen LogP contribution in [0.15, 0.2) is 48.5 Å². The van der Waals surface area contributed by atoms with E-state index in [0.29, 0.717) is 13.2 Å². The van der Waals surface area contributed by atoms with Crippen molar-refractivity contribution in [2.75, 3.05) is 19.8 Å². The molecule has 0 aliphatic carbocycles. The van der Waals surface area contributed by atoms with Gasteiger partial charge >= 0.3 is 0 Å². The number of hydrogen-bond donors (Lipinski definition) is 0. The Balaban J connectivity index is 1.22. The summed E-state index contributed by atoms with van der Waals surface area (Å²) >= 11 is 1.58. The molecule has 1 saturated heterocycles. The third-order valence-corrected chi connectivity index (χ3v) is 7.19. The van der Waals surface area contributed by atoms with Crippen molar-refractivity contribution >= 4 is 11.3 Å². The molecule has 1 fully saturated rings. The molecule has 0 saturated carbocycles. The van der Waals surface area contributed by atoms with Gasteiger partial charge in [-0.2, -0.15) is 0 Å². The van der Waals surface area contributed by atoms with Crippen molar-refractivity contribution in [2.24, 2.45) is 0 Å². The Morgan fingerprint density at radius 2 is 1.36 bits per heavy atom. The van der Waals surface area contributed by atoms with Gasteiger partial charge in [0.05, 0.1) is 25.9 Å². The molecule has 7 heteroatoms. The lowest BCUT2D eigenvalue weighted by Crippen LogP contribution is -2.22. The number of benzene rings is 2. The van der Waals surface area contributed by atoms with E-state index < -0.39 is 5.79 Å². The Hall–Kier alpha value is -2.48. The molecule has 2 aromatic carbocycles. The van der Waals surface area contributed by atoms with Gasteiger partial charge in [-0.15, -0.1) is 10.2 Å². The van der Waals surface area contributed by atoms with Crippen LogP contribution in [0.3, 0.4) is 0 Å². The van der Waals surface area contributed by atoms with Gasteiger partial charge in [0.15, 0.2) is 5.79 Å². The molecule has 2 heterocycles. The average molecular weight is 511 g/mol. The molecular weight excluding hydrogens is 472 g/mol. The predicted molar refractivity (Wildman–Crippen MR) is 145 cm³/mol. The van der Waals surface area contributed by atoms with Gasteiger partial charge in [0.2, 0.25) is 0 Å². The summed E-state index contributed by atoms with van der Waals surface area (Å²) in [4.78, 5) is 0. The van der Waals surface area contributed by atoms with E-state index in [2.05, 4.69) is 29.3 Å². The fourth-order valence-electron chi connectivity index (χ4n) is 4.13. The van der Waals surface area contributed by atoms with Crippen molar-refractivity contribution in [3.63, 3.8) is 0 Å². The fraction of sp³-hybridized carbons (Fsp3) is 0.517. The second-order valence-corrected chi connectivity index (χ2v) is 10.6. The molecular formula is C29H38N2O4S. The Bertz CT molecular complexity index is 1050. The summed E-state index contributed by atoms with van der Waals surface area (Å²) < 4.78 is 23.2. The van der Waals surface area contributed by atoms with Crippen LogP contribution in [0.1, 0.15) is 65.7 Å². The first-order valence-electron chi connectivity index (χ1n) is 13.1. The number of rotatable bonds is 14. The zero-order valence-corrected chi connectivity index (χ0v) is 22.5. The summed E-state index contributed by atoms with van der Waals surface area (Å²) in [6.07, 6.45) is 8.48. The van der Waals surface area contributed by atoms with Crippen molar-refractivity contribution in [1.82, 2.24) is 10.2 Å². The van der Waals surface area contributed by atoms with E-state index in [9.17, 15) is 0 Å². The van der Waals surface area contributed by atoms with E-state index in [1.165, 1.54) is 32.1 Å². The maximum Gasteiger partial charge on any atom is 0.163 e. The van der Waals surface area contributed by atoms with E-state index in [1.54, 1.807) is 11.3 Å². The molecule has 0 unspecified atom stereocenters. The molecule has 0 bridgehead atoms. The zero-order chi connectivity index (χ0) is 25.2. The SMILES string of the molecule is CCCCCCCCOc1ccc(-c2nnc(-c3ccc(OCC[C@H]4COC(C)(C)O4)cc3)s2)cc1. The third kappa shape index (κ3) is 8.02.